The van der Waals surface area contributed by atoms with E-state index in [4.69, 9.17) is 0 Å². The van der Waals surface area contributed by atoms with Crippen LogP contribution in [0.4, 0.5) is 4.79 Å². The Balaban J connectivity index is 1.86. The van der Waals surface area contributed by atoms with Gasteiger partial charge in [0.1, 0.15) is 0 Å². The Bertz CT molecular complexity index is 315. The zero-order chi connectivity index (χ0) is 13.0. The number of hydrogen-bond donors (Lipinski definition) is 3. The van der Waals surface area contributed by atoms with Crippen molar-refractivity contribution in [2.24, 2.45) is 5.92 Å². The highest BCUT2D eigenvalue weighted by Gasteiger charge is 2.31. The van der Waals surface area contributed by atoms with E-state index in [0.717, 1.165) is 38.5 Å². The summed E-state index contributed by atoms with van der Waals surface area (Å²) in [6.07, 6.45) is 7.70. The number of aliphatic carboxylic acids is 1. The molecule has 0 aromatic rings. The zero-order valence-corrected chi connectivity index (χ0v) is 10.7. The van der Waals surface area contributed by atoms with Crippen molar-refractivity contribution in [3.05, 3.63) is 0 Å². The van der Waals surface area contributed by atoms with Gasteiger partial charge in [0.15, 0.2) is 0 Å². The minimum absolute atomic E-state index is 0.196. The number of carbonyl (C=O) groups is 2. The van der Waals surface area contributed by atoms with E-state index in [1.54, 1.807) is 0 Å². The van der Waals surface area contributed by atoms with E-state index < -0.39 is 11.9 Å². The number of carbonyl (C=O) groups excluding carboxylic acids is 1. The fraction of sp³-hybridized carbons (Fsp3) is 0.846. The molecule has 0 heterocycles. The molecule has 0 radical (unpaired) electrons. The summed E-state index contributed by atoms with van der Waals surface area (Å²) in [5.41, 5.74) is 0. The maximum Gasteiger partial charge on any atom is 0.315 e. The SMILES string of the molecule is O=C(NC1CCC1)NC1CCCCCC1C(=O)O. The third-order valence-electron chi connectivity index (χ3n) is 4.09. The molecule has 0 aromatic heterocycles. The lowest BCUT2D eigenvalue weighted by molar-refractivity contribution is -0.142. The van der Waals surface area contributed by atoms with E-state index in [0.29, 0.717) is 12.5 Å². The Morgan fingerprint density at radius 3 is 2.22 bits per heavy atom. The van der Waals surface area contributed by atoms with E-state index in [1.165, 1.54) is 6.42 Å². The summed E-state index contributed by atoms with van der Waals surface area (Å²) in [5, 5.41) is 15.0. The second-order valence-electron chi connectivity index (χ2n) is 5.43. The van der Waals surface area contributed by atoms with Crippen LogP contribution in [0.25, 0.3) is 0 Å². The van der Waals surface area contributed by atoms with Crippen molar-refractivity contribution in [2.45, 2.75) is 63.5 Å². The quantitative estimate of drug-likeness (QED) is 0.673. The van der Waals surface area contributed by atoms with Crippen LogP contribution in [0.15, 0.2) is 0 Å². The maximum absolute atomic E-state index is 11.8. The van der Waals surface area contributed by atoms with Gasteiger partial charge in [0, 0.05) is 12.1 Å². The molecule has 0 saturated heterocycles. The molecule has 2 fully saturated rings. The van der Waals surface area contributed by atoms with Crippen molar-refractivity contribution in [1.29, 1.82) is 0 Å². The molecular formula is C13H22N2O3. The first-order valence-corrected chi connectivity index (χ1v) is 6.96. The van der Waals surface area contributed by atoms with Crippen LogP contribution in [0, 0.1) is 5.92 Å². The topological polar surface area (TPSA) is 78.4 Å². The van der Waals surface area contributed by atoms with Gasteiger partial charge >= 0.3 is 12.0 Å². The fourth-order valence-corrected chi connectivity index (χ4v) is 2.72. The summed E-state index contributed by atoms with van der Waals surface area (Å²) in [4.78, 5) is 23.0. The van der Waals surface area contributed by atoms with Crippen molar-refractivity contribution < 1.29 is 14.7 Å². The molecular weight excluding hydrogens is 232 g/mol. The average molecular weight is 254 g/mol. The van der Waals surface area contributed by atoms with E-state index >= 15 is 0 Å². The molecule has 2 saturated carbocycles. The predicted molar refractivity (Wildman–Crippen MR) is 67.3 cm³/mol. The largest absolute Gasteiger partial charge is 0.481 e. The predicted octanol–water partition coefficient (Wildman–Crippen LogP) is 1.87. The van der Waals surface area contributed by atoms with Gasteiger partial charge in [-0.15, -0.1) is 0 Å². The minimum Gasteiger partial charge on any atom is -0.481 e. The van der Waals surface area contributed by atoms with E-state index in [2.05, 4.69) is 10.6 Å². The van der Waals surface area contributed by atoms with Gasteiger partial charge in [-0.2, -0.15) is 0 Å². The standard InChI is InChI=1S/C13H22N2O3/c16-12(17)10-7-2-1-3-8-11(10)15-13(18)14-9-5-4-6-9/h9-11H,1-8H2,(H,16,17)(H2,14,15,18). The van der Waals surface area contributed by atoms with Gasteiger partial charge < -0.3 is 15.7 Å². The van der Waals surface area contributed by atoms with Gasteiger partial charge in [0.2, 0.25) is 0 Å². The molecule has 2 rings (SSSR count). The van der Waals surface area contributed by atoms with Crippen molar-refractivity contribution in [2.75, 3.05) is 0 Å². The third-order valence-corrected chi connectivity index (χ3v) is 4.09. The third kappa shape index (κ3) is 3.37. The van der Waals surface area contributed by atoms with Gasteiger partial charge in [-0.05, 0) is 32.1 Å². The second kappa shape index (κ2) is 6.07. The molecule has 2 aliphatic carbocycles. The monoisotopic (exact) mass is 254 g/mol. The Morgan fingerprint density at radius 2 is 1.61 bits per heavy atom. The van der Waals surface area contributed by atoms with Gasteiger partial charge in [-0.1, -0.05) is 19.3 Å². The molecule has 5 nitrogen and oxygen atoms in total. The summed E-state index contributed by atoms with van der Waals surface area (Å²) in [6, 6.07) is -0.123. The molecule has 18 heavy (non-hydrogen) atoms. The number of amides is 2. The molecule has 0 bridgehead atoms. The number of carboxylic acids is 1. The van der Waals surface area contributed by atoms with Crippen LogP contribution in [0.2, 0.25) is 0 Å². The van der Waals surface area contributed by atoms with E-state index in [1.807, 2.05) is 0 Å². The number of rotatable bonds is 3. The summed E-state index contributed by atoms with van der Waals surface area (Å²) in [6.45, 7) is 0. The molecule has 2 atom stereocenters. The Kier molecular flexibility index (Phi) is 4.44. The lowest BCUT2D eigenvalue weighted by Gasteiger charge is -2.29. The van der Waals surface area contributed by atoms with Crippen molar-refractivity contribution in [3.8, 4) is 0 Å². The average Bonchev–Trinajstić information content (AvgIpc) is 2.49. The number of nitrogens with one attached hydrogen (secondary N) is 2. The molecule has 102 valence electrons. The van der Waals surface area contributed by atoms with Gasteiger partial charge in [0.25, 0.3) is 0 Å². The van der Waals surface area contributed by atoms with Gasteiger partial charge in [-0.25, -0.2) is 4.79 Å². The van der Waals surface area contributed by atoms with Crippen molar-refractivity contribution in [1.82, 2.24) is 10.6 Å². The summed E-state index contributed by atoms with van der Waals surface area (Å²) < 4.78 is 0. The summed E-state index contributed by atoms with van der Waals surface area (Å²) in [5.74, 6) is -1.22. The molecule has 3 N–H and O–H groups in total. The molecule has 5 heteroatoms. The normalized spacial score (nSPS) is 28.9. The molecule has 2 amide bonds. The lowest BCUT2D eigenvalue weighted by Crippen LogP contribution is -2.51. The number of hydrogen-bond acceptors (Lipinski definition) is 2. The molecule has 0 aromatic carbocycles. The van der Waals surface area contributed by atoms with Crippen LogP contribution in [-0.2, 0) is 4.79 Å². The lowest BCUT2D eigenvalue weighted by atomic mass is 9.93. The van der Waals surface area contributed by atoms with E-state index in [-0.39, 0.29) is 12.1 Å². The highest BCUT2D eigenvalue weighted by molar-refractivity contribution is 5.77. The van der Waals surface area contributed by atoms with Crippen LogP contribution in [0.5, 0.6) is 0 Å². The highest BCUT2D eigenvalue weighted by Crippen LogP contribution is 2.24. The molecule has 0 aliphatic heterocycles. The first-order chi connectivity index (χ1) is 8.66. The van der Waals surface area contributed by atoms with Crippen LogP contribution in [-0.4, -0.2) is 29.2 Å². The van der Waals surface area contributed by atoms with Gasteiger partial charge in [-0.3, -0.25) is 4.79 Å². The number of urea groups is 1. The Hall–Kier alpha value is -1.26. The van der Waals surface area contributed by atoms with E-state index in [9.17, 15) is 14.7 Å². The second-order valence-corrected chi connectivity index (χ2v) is 5.43. The zero-order valence-electron chi connectivity index (χ0n) is 10.7. The molecule has 2 unspecified atom stereocenters. The number of carboxylic acid groups (broad SMARTS) is 1. The van der Waals surface area contributed by atoms with Crippen molar-refractivity contribution >= 4 is 12.0 Å². The molecule has 2 aliphatic rings. The Labute approximate surface area is 107 Å². The summed E-state index contributed by atoms with van der Waals surface area (Å²) in [7, 11) is 0. The summed E-state index contributed by atoms with van der Waals surface area (Å²) >= 11 is 0. The minimum atomic E-state index is -0.786. The Morgan fingerprint density at radius 1 is 0.889 bits per heavy atom. The first kappa shape index (κ1) is 13.2. The van der Waals surface area contributed by atoms with Crippen LogP contribution >= 0.6 is 0 Å². The van der Waals surface area contributed by atoms with Crippen LogP contribution in [0.3, 0.4) is 0 Å². The molecule has 0 spiro atoms. The van der Waals surface area contributed by atoms with Crippen molar-refractivity contribution in [3.63, 3.8) is 0 Å². The van der Waals surface area contributed by atoms with Crippen LogP contribution < -0.4 is 10.6 Å². The first-order valence-electron chi connectivity index (χ1n) is 6.96. The van der Waals surface area contributed by atoms with Gasteiger partial charge in [0.05, 0.1) is 5.92 Å². The maximum atomic E-state index is 11.8. The highest BCUT2D eigenvalue weighted by atomic mass is 16.4. The fourth-order valence-electron chi connectivity index (χ4n) is 2.72. The van der Waals surface area contributed by atoms with Crippen LogP contribution in [0.1, 0.15) is 51.4 Å². The smallest absolute Gasteiger partial charge is 0.315 e.